The van der Waals surface area contributed by atoms with E-state index >= 15 is 0 Å². The Hall–Kier alpha value is -1.29. The summed E-state index contributed by atoms with van der Waals surface area (Å²) in [4.78, 5) is 13.9. The summed E-state index contributed by atoms with van der Waals surface area (Å²) < 4.78 is 5.83. The number of nitrogens with zero attached hydrogens (tertiary/aromatic N) is 1. The van der Waals surface area contributed by atoms with Crippen molar-refractivity contribution in [3.05, 3.63) is 23.7 Å². The Morgan fingerprint density at radius 3 is 2.60 bits per heavy atom. The molecule has 0 bridgehead atoms. The van der Waals surface area contributed by atoms with E-state index in [1.165, 1.54) is 6.42 Å². The monoisotopic (exact) mass is 278 g/mol. The summed E-state index contributed by atoms with van der Waals surface area (Å²) in [6, 6.07) is 3.50. The van der Waals surface area contributed by atoms with Crippen molar-refractivity contribution in [3.8, 4) is 0 Å². The van der Waals surface area contributed by atoms with Crippen LogP contribution in [0.15, 0.2) is 16.5 Å². The number of hydrogen-bond donors (Lipinski definition) is 1. The van der Waals surface area contributed by atoms with E-state index in [2.05, 4.69) is 6.92 Å². The largest absolute Gasteiger partial charge is 0.464 e. The Labute approximate surface area is 121 Å². The molecule has 3 atom stereocenters. The van der Waals surface area contributed by atoms with Crippen LogP contribution in [-0.2, 0) is 11.3 Å². The minimum atomic E-state index is -0.495. The van der Waals surface area contributed by atoms with Gasteiger partial charge in [-0.05, 0) is 29.9 Å². The van der Waals surface area contributed by atoms with Crippen molar-refractivity contribution < 1.29 is 9.21 Å². The maximum atomic E-state index is 12.3. The number of hydrogen-bond acceptors (Lipinski definition) is 3. The summed E-state index contributed by atoms with van der Waals surface area (Å²) in [6.07, 6.45) is 1.20. The van der Waals surface area contributed by atoms with Crippen molar-refractivity contribution in [1.82, 2.24) is 4.90 Å². The van der Waals surface area contributed by atoms with Gasteiger partial charge in [-0.3, -0.25) is 4.79 Å². The zero-order valence-electron chi connectivity index (χ0n) is 13.1. The van der Waals surface area contributed by atoms with E-state index < -0.39 is 6.04 Å². The van der Waals surface area contributed by atoms with Gasteiger partial charge in [0.1, 0.15) is 11.5 Å². The molecule has 20 heavy (non-hydrogen) atoms. The molecular weight excluding hydrogens is 252 g/mol. The molecule has 0 aliphatic heterocycles. The Morgan fingerprint density at radius 1 is 1.50 bits per heavy atom. The lowest BCUT2D eigenvalue weighted by Gasteiger charge is -2.29. The molecule has 4 nitrogen and oxygen atoms in total. The van der Waals surface area contributed by atoms with Gasteiger partial charge in [0, 0.05) is 13.0 Å². The molecule has 0 saturated heterocycles. The fraction of sp³-hybridized carbons (Fsp3) is 0.688. The molecule has 112 valence electrons. The number of nitrogens with two attached hydrogens (primary N) is 1. The van der Waals surface area contributed by atoms with Crippen LogP contribution in [-0.4, -0.2) is 23.9 Å². The molecule has 1 aliphatic rings. The Morgan fingerprint density at radius 2 is 2.10 bits per heavy atom. The standard InChI is InChI=1S/C16H26N2O2/c1-10-8-12(10)13-7-6-11(20-13)9-18(5)15(19)14(17)16(2,3)4/h6-7,10,12,14H,8-9,17H2,1-5H3/t10?,12?,14-/m0/s1. The first-order chi connectivity index (χ1) is 9.20. The molecule has 4 heteroatoms. The fourth-order valence-electron chi connectivity index (χ4n) is 2.32. The SMILES string of the molecule is CC1CC1c1ccc(CN(C)C(=O)[C@H](N)C(C)(C)C)o1. The topological polar surface area (TPSA) is 59.5 Å². The van der Waals surface area contributed by atoms with Crippen LogP contribution in [0.25, 0.3) is 0 Å². The summed E-state index contributed by atoms with van der Waals surface area (Å²) in [7, 11) is 1.77. The van der Waals surface area contributed by atoms with Crippen LogP contribution in [0, 0.1) is 11.3 Å². The number of likely N-dealkylation sites (N-methyl/N-ethyl adjacent to an activating group) is 1. The third kappa shape index (κ3) is 3.23. The van der Waals surface area contributed by atoms with Gasteiger partial charge in [-0.15, -0.1) is 0 Å². The summed E-state index contributed by atoms with van der Waals surface area (Å²) in [6.45, 7) is 8.63. The minimum Gasteiger partial charge on any atom is -0.464 e. The van der Waals surface area contributed by atoms with Gasteiger partial charge in [-0.2, -0.15) is 0 Å². The molecule has 1 aliphatic carbocycles. The lowest BCUT2D eigenvalue weighted by atomic mass is 9.86. The van der Waals surface area contributed by atoms with Gasteiger partial charge in [0.25, 0.3) is 0 Å². The average molecular weight is 278 g/mol. The van der Waals surface area contributed by atoms with Crippen LogP contribution in [0.4, 0.5) is 0 Å². The molecule has 1 saturated carbocycles. The van der Waals surface area contributed by atoms with Crippen LogP contribution in [0.5, 0.6) is 0 Å². The predicted octanol–water partition coefficient (Wildman–Crippen LogP) is 2.73. The highest BCUT2D eigenvalue weighted by Crippen LogP contribution is 2.47. The maximum absolute atomic E-state index is 12.3. The molecule has 2 unspecified atom stereocenters. The van der Waals surface area contributed by atoms with Crippen LogP contribution in [0.2, 0.25) is 0 Å². The number of rotatable bonds is 4. The minimum absolute atomic E-state index is 0.0461. The summed E-state index contributed by atoms with van der Waals surface area (Å²) in [5, 5.41) is 0. The highest BCUT2D eigenvalue weighted by molar-refractivity contribution is 5.82. The van der Waals surface area contributed by atoms with Crippen molar-refractivity contribution in [3.63, 3.8) is 0 Å². The van der Waals surface area contributed by atoms with Gasteiger partial charge in [0.05, 0.1) is 12.6 Å². The van der Waals surface area contributed by atoms with Gasteiger partial charge >= 0.3 is 0 Å². The second-order valence-electron chi connectivity index (χ2n) is 7.16. The molecular formula is C16H26N2O2. The number of amides is 1. The molecule has 2 rings (SSSR count). The van der Waals surface area contributed by atoms with E-state index in [9.17, 15) is 4.79 Å². The van der Waals surface area contributed by atoms with Gasteiger partial charge < -0.3 is 15.1 Å². The smallest absolute Gasteiger partial charge is 0.240 e. The first-order valence-electron chi connectivity index (χ1n) is 7.29. The number of carbonyl (C=O) groups is 1. The third-order valence-electron chi connectivity index (χ3n) is 4.13. The van der Waals surface area contributed by atoms with Crippen LogP contribution < -0.4 is 5.73 Å². The van der Waals surface area contributed by atoms with E-state index in [-0.39, 0.29) is 11.3 Å². The summed E-state index contributed by atoms with van der Waals surface area (Å²) in [5.74, 6) is 3.13. The van der Waals surface area contributed by atoms with Crippen molar-refractivity contribution in [2.45, 2.75) is 52.6 Å². The molecule has 1 amide bonds. The van der Waals surface area contributed by atoms with E-state index in [1.54, 1.807) is 11.9 Å². The Balaban J connectivity index is 1.95. The molecule has 2 N–H and O–H groups in total. The summed E-state index contributed by atoms with van der Waals surface area (Å²) in [5.41, 5.74) is 5.78. The van der Waals surface area contributed by atoms with Crippen molar-refractivity contribution in [2.75, 3.05) is 7.05 Å². The van der Waals surface area contributed by atoms with Crippen LogP contribution in [0.1, 0.15) is 51.6 Å². The zero-order valence-corrected chi connectivity index (χ0v) is 13.1. The first-order valence-corrected chi connectivity index (χ1v) is 7.29. The fourth-order valence-corrected chi connectivity index (χ4v) is 2.32. The van der Waals surface area contributed by atoms with E-state index in [0.29, 0.717) is 12.5 Å². The third-order valence-corrected chi connectivity index (χ3v) is 4.13. The average Bonchev–Trinajstić information content (AvgIpc) is 2.89. The molecule has 1 fully saturated rings. The predicted molar refractivity (Wildman–Crippen MR) is 79.1 cm³/mol. The van der Waals surface area contributed by atoms with Gasteiger partial charge in [-0.25, -0.2) is 0 Å². The van der Waals surface area contributed by atoms with Crippen molar-refractivity contribution in [1.29, 1.82) is 0 Å². The van der Waals surface area contributed by atoms with Crippen molar-refractivity contribution in [2.24, 2.45) is 17.1 Å². The van der Waals surface area contributed by atoms with Crippen molar-refractivity contribution >= 4 is 5.91 Å². The second-order valence-corrected chi connectivity index (χ2v) is 7.16. The first kappa shape index (κ1) is 15.1. The van der Waals surface area contributed by atoms with E-state index in [1.807, 2.05) is 32.9 Å². The quantitative estimate of drug-likeness (QED) is 0.921. The van der Waals surface area contributed by atoms with Gasteiger partial charge in [0.2, 0.25) is 5.91 Å². The number of carbonyl (C=O) groups excluding carboxylic acids is 1. The highest BCUT2D eigenvalue weighted by atomic mass is 16.3. The van der Waals surface area contributed by atoms with Crippen LogP contribution >= 0.6 is 0 Å². The second kappa shape index (κ2) is 5.24. The number of furan rings is 1. The normalized spacial score (nSPS) is 23.5. The lowest BCUT2D eigenvalue weighted by molar-refractivity contribution is -0.134. The lowest BCUT2D eigenvalue weighted by Crippen LogP contribution is -2.48. The zero-order chi connectivity index (χ0) is 15.1. The molecule has 0 aromatic carbocycles. The van der Waals surface area contributed by atoms with Gasteiger partial charge in [0.15, 0.2) is 0 Å². The van der Waals surface area contributed by atoms with E-state index in [0.717, 1.165) is 17.4 Å². The Kier molecular flexibility index (Phi) is 3.96. The van der Waals surface area contributed by atoms with Gasteiger partial charge in [-0.1, -0.05) is 27.7 Å². The highest BCUT2D eigenvalue weighted by Gasteiger charge is 2.36. The molecule has 1 heterocycles. The molecule has 1 aromatic heterocycles. The van der Waals surface area contributed by atoms with E-state index in [4.69, 9.17) is 10.2 Å². The molecule has 0 spiro atoms. The molecule has 0 radical (unpaired) electrons. The maximum Gasteiger partial charge on any atom is 0.240 e. The Bertz CT molecular complexity index is 487. The molecule has 1 aromatic rings. The summed E-state index contributed by atoms with van der Waals surface area (Å²) >= 11 is 0. The van der Waals surface area contributed by atoms with Crippen LogP contribution in [0.3, 0.4) is 0 Å².